The highest BCUT2D eigenvalue weighted by Crippen LogP contribution is 2.25. The van der Waals surface area contributed by atoms with Crippen LogP contribution in [0, 0.1) is 6.92 Å². The highest BCUT2D eigenvalue weighted by molar-refractivity contribution is 5.99. The van der Waals surface area contributed by atoms with Gasteiger partial charge in [0.05, 0.1) is 0 Å². The third kappa shape index (κ3) is 3.02. The van der Waals surface area contributed by atoms with Crippen molar-refractivity contribution in [3.8, 4) is 0 Å². The molecule has 0 aromatic carbocycles. The zero-order valence-electron chi connectivity index (χ0n) is 13.8. The fourth-order valence-electron chi connectivity index (χ4n) is 3.20. The van der Waals surface area contributed by atoms with E-state index in [0.29, 0.717) is 24.3 Å². The molecule has 0 aliphatic carbocycles. The summed E-state index contributed by atoms with van der Waals surface area (Å²) < 4.78 is 0. The number of likely N-dealkylation sites (tertiary alicyclic amines) is 1. The second-order valence-electron chi connectivity index (χ2n) is 6.17. The first-order valence-electron chi connectivity index (χ1n) is 8.00. The van der Waals surface area contributed by atoms with Gasteiger partial charge in [0.15, 0.2) is 5.78 Å². The number of carbonyl (C=O) groups is 2. The first kappa shape index (κ1) is 16.2. The molecule has 3 rings (SSSR count). The van der Waals surface area contributed by atoms with Crippen LogP contribution in [0.3, 0.4) is 0 Å². The van der Waals surface area contributed by atoms with Crippen LogP contribution in [0.2, 0.25) is 0 Å². The lowest BCUT2D eigenvalue weighted by Gasteiger charge is -2.31. The minimum Gasteiger partial charge on any atom is -0.348 e. The molecule has 24 heavy (non-hydrogen) atoms. The largest absolute Gasteiger partial charge is 0.348 e. The number of nitrogens with one attached hydrogen (secondary N) is 2. The number of ketones is 1. The van der Waals surface area contributed by atoms with Gasteiger partial charge in [0.1, 0.15) is 11.4 Å². The van der Waals surface area contributed by atoms with Gasteiger partial charge in [-0.15, -0.1) is 0 Å². The van der Waals surface area contributed by atoms with E-state index in [0.717, 1.165) is 18.7 Å². The van der Waals surface area contributed by atoms with Gasteiger partial charge in [0, 0.05) is 42.7 Å². The van der Waals surface area contributed by atoms with Gasteiger partial charge >= 0.3 is 0 Å². The highest BCUT2D eigenvalue weighted by Gasteiger charge is 2.28. The second kappa shape index (κ2) is 6.43. The number of piperidine rings is 1. The Kier molecular flexibility index (Phi) is 4.33. The van der Waals surface area contributed by atoms with E-state index >= 15 is 0 Å². The smallest absolute Gasteiger partial charge is 0.261 e. The number of amides is 1. The van der Waals surface area contributed by atoms with Gasteiger partial charge in [-0.25, -0.2) is 4.98 Å². The van der Waals surface area contributed by atoms with Crippen LogP contribution in [0.5, 0.6) is 0 Å². The molecule has 1 aliphatic heterocycles. The maximum Gasteiger partial charge on any atom is 0.261 e. The second-order valence-corrected chi connectivity index (χ2v) is 6.17. The van der Waals surface area contributed by atoms with E-state index in [2.05, 4.69) is 15.0 Å². The molecule has 0 unspecified atom stereocenters. The lowest BCUT2D eigenvalue weighted by Crippen LogP contribution is -2.41. The fraction of sp³-hybridized carbons (Fsp3) is 0.412. The molecule has 7 heteroatoms. The topological polar surface area (TPSA) is 98.9 Å². The molecule has 1 fully saturated rings. The van der Waals surface area contributed by atoms with Crippen LogP contribution < -0.4 is 5.56 Å². The molecular weight excluding hydrogens is 308 g/mol. The number of aryl methyl sites for hydroxylation is 1. The number of Topliss-reactive ketones (excluding diaryl/α,β-unsaturated/α-hetero) is 1. The first-order valence-corrected chi connectivity index (χ1v) is 8.00. The predicted octanol–water partition coefficient (Wildman–Crippen LogP) is 1.63. The molecule has 0 radical (unpaired) electrons. The van der Waals surface area contributed by atoms with Crippen LogP contribution in [0.25, 0.3) is 0 Å². The number of rotatable bonds is 3. The van der Waals surface area contributed by atoms with E-state index in [1.807, 2.05) is 0 Å². The monoisotopic (exact) mass is 328 g/mol. The van der Waals surface area contributed by atoms with Crippen LogP contribution >= 0.6 is 0 Å². The van der Waals surface area contributed by atoms with Gasteiger partial charge < -0.3 is 14.9 Å². The van der Waals surface area contributed by atoms with E-state index < -0.39 is 5.56 Å². The van der Waals surface area contributed by atoms with E-state index in [-0.39, 0.29) is 23.2 Å². The summed E-state index contributed by atoms with van der Waals surface area (Å²) in [5, 5.41) is 0. The molecule has 1 saturated heterocycles. The number of aromatic nitrogens is 3. The lowest BCUT2D eigenvalue weighted by molar-refractivity contribution is 0.0703. The number of hydrogen-bond acceptors (Lipinski definition) is 4. The van der Waals surface area contributed by atoms with Crippen LogP contribution in [0.4, 0.5) is 0 Å². The Morgan fingerprint density at radius 2 is 2.12 bits per heavy atom. The lowest BCUT2D eigenvalue weighted by atomic mass is 9.96. The molecule has 2 aromatic rings. The van der Waals surface area contributed by atoms with Crippen molar-refractivity contribution in [1.82, 2.24) is 19.9 Å². The molecule has 2 aromatic heterocycles. The average molecular weight is 328 g/mol. The average Bonchev–Trinajstić information content (AvgIpc) is 3.08. The van der Waals surface area contributed by atoms with Crippen molar-refractivity contribution in [3.05, 3.63) is 51.5 Å². The summed E-state index contributed by atoms with van der Waals surface area (Å²) in [6.07, 6.45) is 5.25. The maximum absolute atomic E-state index is 12.8. The van der Waals surface area contributed by atoms with Gasteiger partial charge in [-0.1, -0.05) is 0 Å². The Labute approximate surface area is 139 Å². The molecule has 126 valence electrons. The maximum atomic E-state index is 12.8. The zero-order valence-corrected chi connectivity index (χ0v) is 13.8. The molecule has 0 spiro atoms. The Hall–Kier alpha value is -2.70. The Morgan fingerprint density at radius 1 is 1.33 bits per heavy atom. The number of H-pyrrole nitrogens is 2. The molecule has 0 bridgehead atoms. The minimum atomic E-state index is -0.456. The Morgan fingerprint density at radius 3 is 2.79 bits per heavy atom. The van der Waals surface area contributed by atoms with E-state index in [9.17, 15) is 14.4 Å². The molecule has 2 N–H and O–H groups in total. The highest BCUT2D eigenvalue weighted by atomic mass is 16.2. The van der Waals surface area contributed by atoms with Crippen molar-refractivity contribution in [2.45, 2.75) is 32.6 Å². The number of imidazole rings is 1. The van der Waals surface area contributed by atoms with E-state index in [1.54, 1.807) is 24.2 Å². The van der Waals surface area contributed by atoms with Crippen molar-refractivity contribution >= 4 is 11.7 Å². The molecule has 3 heterocycles. The summed E-state index contributed by atoms with van der Waals surface area (Å²) in [7, 11) is 0. The zero-order chi connectivity index (χ0) is 17.3. The molecule has 1 aliphatic rings. The molecule has 1 atom stereocenters. The fourth-order valence-corrected chi connectivity index (χ4v) is 3.20. The normalized spacial score (nSPS) is 17.8. The van der Waals surface area contributed by atoms with Crippen LogP contribution in [0.15, 0.2) is 23.3 Å². The van der Waals surface area contributed by atoms with Crippen molar-refractivity contribution in [2.75, 3.05) is 13.1 Å². The summed E-state index contributed by atoms with van der Waals surface area (Å²) in [5.74, 6) is 0.476. The van der Waals surface area contributed by atoms with Gasteiger partial charge in [-0.05, 0) is 32.8 Å². The van der Waals surface area contributed by atoms with Crippen LogP contribution in [0.1, 0.15) is 57.9 Å². The number of aromatic amines is 2. The molecule has 0 saturated carbocycles. The Balaban J connectivity index is 1.87. The summed E-state index contributed by atoms with van der Waals surface area (Å²) in [6, 6.07) is 1.41. The minimum absolute atomic E-state index is 0.0193. The molecule has 1 amide bonds. The van der Waals surface area contributed by atoms with Gasteiger partial charge in [-0.2, -0.15) is 0 Å². The van der Waals surface area contributed by atoms with Crippen molar-refractivity contribution in [2.24, 2.45) is 0 Å². The Bertz CT molecular complexity index is 823. The number of pyridine rings is 1. The van der Waals surface area contributed by atoms with Crippen LogP contribution in [-0.2, 0) is 0 Å². The van der Waals surface area contributed by atoms with Crippen molar-refractivity contribution in [3.63, 3.8) is 0 Å². The summed E-state index contributed by atoms with van der Waals surface area (Å²) in [5.41, 5.74) is 0.419. The number of carbonyl (C=O) groups excluding carboxylic acids is 2. The first-order chi connectivity index (χ1) is 11.5. The molecule has 7 nitrogen and oxygen atoms in total. The molecular formula is C17H20N4O3. The number of nitrogens with zero attached hydrogens (tertiary/aromatic N) is 2. The van der Waals surface area contributed by atoms with E-state index in [4.69, 9.17) is 0 Å². The van der Waals surface area contributed by atoms with Crippen molar-refractivity contribution < 1.29 is 9.59 Å². The third-order valence-corrected chi connectivity index (χ3v) is 4.46. The number of hydrogen-bond donors (Lipinski definition) is 2. The van der Waals surface area contributed by atoms with Gasteiger partial charge in [0.2, 0.25) is 0 Å². The van der Waals surface area contributed by atoms with Gasteiger partial charge in [-0.3, -0.25) is 14.4 Å². The third-order valence-electron chi connectivity index (χ3n) is 4.46. The summed E-state index contributed by atoms with van der Waals surface area (Å²) in [4.78, 5) is 48.3. The van der Waals surface area contributed by atoms with Crippen LogP contribution in [-0.4, -0.2) is 44.6 Å². The summed E-state index contributed by atoms with van der Waals surface area (Å²) in [6.45, 7) is 4.18. The predicted molar refractivity (Wildman–Crippen MR) is 88.3 cm³/mol. The standard InChI is InChI=1S/C17H20N4O3/c1-10-13(11(2)22)8-14(16(23)20-10)17(24)21-7-3-4-12(9-21)15-18-5-6-19-15/h5-6,8,12H,3-4,7,9H2,1-2H3,(H,18,19)(H,20,23)/t12-/m0/s1. The van der Waals surface area contributed by atoms with Crippen molar-refractivity contribution in [1.29, 1.82) is 0 Å². The quantitative estimate of drug-likeness (QED) is 0.837. The van der Waals surface area contributed by atoms with E-state index in [1.165, 1.54) is 13.0 Å². The van der Waals surface area contributed by atoms with Gasteiger partial charge in [0.25, 0.3) is 11.5 Å². The summed E-state index contributed by atoms with van der Waals surface area (Å²) >= 11 is 0. The SMILES string of the molecule is CC(=O)c1cc(C(=O)N2CCC[C@H](c3ncc[nH]3)C2)c(=O)[nH]c1C.